The highest BCUT2D eigenvalue weighted by Crippen LogP contribution is 2.10. The summed E-state index contributed by atoms with van der Waals surface area (Å²) in [6.07, 6.45) is 0. The molecule has 90 valence electrons. The Kier molecular flexibility index (Phi) is 5.41. The van der Waals surface area contributed by atoms with Gasteiger partial charge in [-0.25, -0.2) is 5.84 Å². The van der Waals surface area contributed by atoms with Crippen molar-refractivity contribution in [3.05, 3.63) is 22.4 Å². The Morgan fingerprint density at radius 2 is 2.50 bits per heavy atom. The second-order valence-corrected chi connectivity index (χ2v) is 4.31. The lowest BCUT2D eigenvalue weighted by Gasteiger charge is -2.25. The van der Waals surface area contributed by atoms with Gasteiger partial charge in [-0.05, 0) is 29.4 Å². The van der Waals surface area contributed by atoms with Crippen LogP contribution in [0.1, 0.15) is 5.56 Å². The van der Waals surface area contributed by atoms with Crippen LogP contribution in [0.2, 0.25) is 0 Å². The molecule has 1 aromatic heterocycles. The maximum atomic E-state index is 11.5. The molecule has 0 aliphatic heterocycles. The fraction of sp³-hybridized carbons (Fsp3) is 0.500. The standard InChI is InChI=1S/C10H17N3O2S/c1-13(5-8-3-4-16-7-8)9(6-15-2)10(14)12-11/h3-4,7,9H,5-6,11H2,1-2H3,(H,12,14). The van der Waals surface area contributed by atoms with Crippen LogP contribution in [0.25, 0.3) is 0 Å². The molecule has 1 amide bonds. The third kappa shape index (κ3) is 3.57. The van der Waals surface area contributed by atoms with E-state index in [4.69, 9.17) is 10.6 Å². The van der Waals surface area contributed by atoms with Crippen LogP contribution in [0.3, 0.4) is 0 Å². The van der Waals surface area contributed by atoms with Crippen molar-refractivity contribution in [2.45, 2.75) is 12.6 Å². The summed E-state index contributed by atoms with van der Waals surface area (Å²) in [5.74, 6) is 4.90. The Morgan fingerprint density at radius 3 is 3.00 bits per heavy atom. The highest BCUT2D eigenvalue weighted by atomic mass is 32.1. The van der Waals surface area contributed by atoms with E-state index < -0.39 is 0 Å². The molecule has 5 nitrogen and oxygen atoms in total. The van der Waals surface area contributed by atoms with Crippen LogP contribution in [0, 0.1) is 0 Å². The van der Waals surface area contributed by atoms with E-state index in [9.17, 15) is 4.79 Å². The maximum absolute atomic E-state index is 11.5. The molecule has 1 rings (SSSR count). The number of carbonyl (C=O) groups excluding carboxylic acids is 1. The minimum absolute atomic E-state index is 0.237. The van der Waals surface area contributed by atoms with Gasteiger partial charge in [0.15, 0.2) is 0 Å². The number of thiophene rings is 1. The molecule has 16 heavy (non-hydrogen) atoms. The predicted molar refractivity (Wildman–Crippen MR) is 63.8 cm³/mol. The van der Waals surface area contributed by atoms with Crippen molar-refractivity contribution in [1.29, 1.82) is 0 Å². The first-order valence-electron chi connectivity index (χ1n) is 4.89. The van der Waals surface area contributed by atoms with E-state index in [1.165, 1.54) is 5.56 Å². The SMILES string of the molecule is COCC(C(=O)NN)N(C)Cc1ccsc1. The second-order valence-electron chi connectivity index (χ2n) is 3.53. The lowest BCUT2D eigenvalue weighted by atomic mass is 10.2. The molecule has 1 atom stereocenters. The minimum Gasteiger partial charge on any atom is -0.383 e. The summed E-state index contributed by atoms with van der Waals surface area (Å²) in [6.45, 7) is 1.02. The number of nitrogens with two attached hydrogens (primary N) is 1. The van der Waals surface area contributed by atoms with Crippen LogP contribution in [0.4, 0.5) is 0 Å². The fourth-order valence-electron chi connectivity index (χ4n) is 1.44. The molecule has 1 heterocycles. The third-order valence-corrected chi connectivity index (χ3v) is 3.05. The van der Waals surface area contributed by atoms with E-state index in [-0.39, 0.29) is 11.9 Å². The number of hydrazine groups is 1. The van der Waals surface area contributed by atoms with Crippen LogP contribution in [0.5, 0.6) is 0 Å². The van der Waals surface area contributed by atoms with Crippen molar-refractivity contribution in [2.24, 2.45) is 5.84 Å². The van der Waals surface area contributed by atoms with Crippen molar-refractivity contribution >= 4 is 17.2 Å². The molecule has 1 aromatic rings. The number of carbonyl (C=O) groups is 1. The van der Waals surface area contributed by atoms with Crippen molar-refractivity contribution in [1.82, 2.24) is 10.3 Å². The van der Waals surface area contributed by atoms with Gasteiger partial charge >= 0.3 is 0 Å². The van der Waals surface area contributed by atoms with Gasteiger partial charge in [-0.1, -0.05) is 0 Å². The molecule has 6 heteroatoms. The molecule has 0 radical (unpaired) electrons. The zero-order valence-electron chi connectivity index (χ0n) is 9.47. The van der Waals surface area contributed by atoms with Crippen LogP contribution < -0.4 is 11.3 Å². The number of hydrogen-bond acceptors (Lipinski definition) is 5. The van der Waals surface area contributed by atoms with Crippen molar-refractivity contribution in [3.63, 3.8) is 0 Å². The van der Waals surface area contributed by atoms with E-state index in [1.54, 1.807) is 18.4 Å². The summed E-state index contributed by atoms with van der Waals surface area (Å²) < 4.78 is 5.01. The van der Waals surface area contributed by atoms with E-state index in [0.717, 1.165) is 0 Å². The largest absolute Gasteiger partial charge is 0.383 e. The van der Waals surface area contributed by atoms with Crippen molar-refractivity contribution < 1.29 is 9.53 Å². The molecular formula is C10H17N3O2S. The van der Waals surface area contributed by atoms with Gasteiger partial charge in [0.1, 0.15) is 6.04 Å². The Balaban J connectivity index is 2.59. The maximum Gasteiger partial charge on any atom is 0.253 e. The van der Waals surface area contributed by atoms with Gasteiger partial charge in [-0.3, -0.25) is 15.1 Å². The lowest BCUT2D eigenvalue weighted by Crippen LogP contribution is -2.49. The highest BCUT2D eigenvalue weighted by Gasteiger charge is 2.22. The quantitative estimate of drug-likeness (QED) is 0.425. The molecule has 0 fully saturated rings. The number of hydrogen-bond donors (Lipinski definition) is 2. The first-order valence-corrected chi connectivity index (χ1v) is 5.84. The van der Waals surface area contributed by atoms with E-state index in [1.807, 2.05) is 23.4 Å². The Hall–Kier alpha value is -0.950. The van der Waals surface area contributed by atoms with Gasteiger partial charge in [0, 0.05) is 13.7 Å². The van der Waals surface area contributed by atoms with Crippen LogP contribution in [-0.2, 0) is 16.1 Å². The van der Waals surface area contributed by atoms with Crippen LogP contribution in [-0.4, -0.2) is 37.6 Å². The molecular weight excluding hydrogens is 226 g/mol. The number of nitrogens with one attached hydrogen (secondary N) is 1. The van der Waals surface area contributed by atoms with Gasteiger partial charge < -0.3 is 4.74 Å². The number of likely N-dealkylation sites (N-methyl/N-ethyl adjacent to an activating group) is 1. The second kappa shape index (κ2) is 6.59. The predicted octanol–water partition coefficient (Wildman–Crippen LogP) is 0.185. The molecule has 0 aliphatic carbocycles. The molecule has 0 saturated carbocycles. The van der Waals surface area contributed by atoms with Gasteiger partial charge in [-0.2, -0.15) is 11.3 Å². The average Bonchev–Trinajstić information content (AvgIpc) is 2.77. The van der Waals surface area contributed by atoms with E-state index in [0.29, 0.717) is 13.2 Å². The normalized spacial score (nSPS) is 12.8. The summed E-state index contributed by atoms with van der Waals surface area (Å²) in [7, 11) is 3.44. The third-order valence-electron chi connectivity index (χ3n) is 2.31. The van der Waals surface area contributed by atoms with Crippen molar-refractivity contribution in [2.75, 3.05) is 20.8 Å². The summed E-state index contributed by atoms with van der Waals surface area (Å²) in [4.78, 5) is 13.4. The Morgan fingerprint density at radius 1 is 1.75 bits per heavy atom. The van der Waals surface area contributed by atoms with Crippen LogP contribution >= 0.6 is 11.3 Å². The van der Waals surface area contributed by atoms with E-state index in [2.05, 4.69) is 10.8 Å². The molecule has 3 N–H and O–H groups in total. The summed E-state index contributed by atoms with van der Waals surface area (Å²) in [5, 5.41) is 4.07. The molecule has 1 unspecified atom stereocenters. The molecule has 0 spiro atoms. The fourth-order valence-corrected chi connectivity index (χ4v) is 2.10. The Labute approximate surface area is 99.2 Å². The highest BCUT2D eigenvalue weighted by molar-refractivity contribution is 7.07. The average molecular weight is 243 g/mol. The zero-order chi connectivity index (χ0) is 12.0. The van der Waals surface area contributed by atoms with Gasteiger partial charge in [0.25, 0.3) is 5.91 Å². The molecule has 0 bridgehead atoms. The number of amides is 1. The number of nitrogens with zero attached hydrogens (tertiary/aromatic N) is 1. The minimum atomic E-state index is -0.366. The molecule has 0 aromatic carbocycles. The van der Waals surface area contributed by atoms with Gasteiger partial charge in [-0.15, -0.1) is 0 Å². The smallest absolute Gasteiger partial charge is 0.253 e. The van der Waals surface area contributed by atoms with Gasteiger partial charge in [0.05, 0.1) is 6.61 Å². The summed E-state index contributed by atoms with van der Waals surface area (Å²) in [6, 6.07) is 1.67. The van der Waals surface area contributed by atoms with Gasteiger partial charge in [0.2, 0.25) is 0 Å². The molecule has 0 aliphatic rings. The number of rotatable bonds is 6. The lowest BCUT2D eigenvalue weighted by molar-refractivity contribution is -0.128. The zero-order valence-corrected chi connectivity index (χ0v) is 10.3. The number of methoxy groups -OCH3 is 1. The first kappa shape index (κ1) is 13.1. The van der Waals surface area contributed by atoms with E-state index >= 15 is 0 Å². The topological polar surface area (TPSA) is 67.6 Å². The monoisotopic (exact) mass is 243 g/mol. The summed E-state index contributed by atoms with van der Waals surface area (Å²) >= 11 is 1.64. The first-order chi connectivity index (χ1) is 7.69. The molecule has 0 saturated heterocycles. The van der Waals surface area contributed by atoms with Crippen LogP contribution in [0.15, 0.2) is 16.8 Å². The summed E-state index contributed by atoms with van der Waals surface area (Å²) in [5.41, 5.74) is 3.33. The van der Waals surface area contributed by atoms with Crippen molar-refractivity contribution in [3.8, 4) is 0 Å². The Bertz CT molecular complexity index is 316. The number of ether oxygens (including phenoxy) is 1.